The van der Waals surface area contributed by atoms with Crippen molar-refractivity contribution >= 4 is 39.8 Å². The molecule has 0 radical (unpaired) electrons. The van der Waals surface area contributed by atoms with Crippen LogP contribution < -0.4 is 10.2 Å². The van der Waals surface area contributed by atoms with Gasteiger partial charge in [-0.1, -0.05) is 28.9 Å². The van der Waals surface area contributed by atoms with Gasteiger partial charge in [-0.25, -0.2) is 4.68 Å². The van der Waals surface area contributed by atoms with Crippen molar-refractivity contribution < 1.29 is 4.79 Å². The molecule has 1 saturated heterocycles. The highest BCUT2D eigenvalue weighted by Gasteiger charge is 2.20. The van der Waals surface area contributed by atoms with E-state index in [0.29, 0.717) is 11.6 Å². The van der Waals surface area contributed by atoms with Gasteiger partial charge in [0.1, 0.15) is 6.54 Å². The van der Waals surface area contributed by atoms with Crippen LogP contribution in [0.1, 0.15) is 11.3 Å². The predicted molar refractivity (Wildman–Crippen MR) is 134 cm³/mol. The summed E-state index contributed by atoms with van der Waals surface area (Å²) in [5.74, 6) is -0.124. The van der Waals surface area contributed by atoms with Crippen LogP contribution in [-0.4, -0.2) is 57.0 Å². The summed E-state index contributed by atoms with van der Waals surface area (Å²) in [6, 6.07) is 15.7. The van der Waals surface area contributed by atoms with E-state index in [-0.39, 0.29) is 12.5 Å². The Balaban J connectivity index is 1.15. The van der Waals surface area contributed by atoms with Gasteiger partial charge in [-0.3, -0.25) is 14.7 Å². The summed E-state index contributed by atoms with van der Waals surface area (Å²) in [6.07, 6.45) is 3.69. The van der Waals surface area contributed by atoms with Crippen molar-refractivity contribution in [3.63, 3.8) is 0 Å². The van der Waals surface area contributed by atoms with Crippen LogP contribution >= 0.6 is 11.6 Å². The smallest absolute Gasteiger partial charge is 0.246 e. The molecule has 0 saturated carbocycles. The van der Waals surface area contributed by atoms with Gasteiger partial charge in [0.05, 0.1) is 17.4 Å². The number of benzene rings is 2. The highest BCUT2D eigenvalue weighted by Crippen LogP contribution is 2.28. The number of nitrogens with zero attached hydrogens (tertiary/aromatic N) is 6. The van der Waals surface area contributed by atoms with Crippen LogP contribution in [-0.2, 0) is 17.9 Å². The van der Waals surface area contributed by atoms with E-state index >= 15 is 0 Å². The van der Waals surface area contributed by atoms with Crippen molar-refractivity contribution in [1.82, 2.24) is 24.9 Å². The number of fused-ring (bicyclic) bond motifs is 1. The molecule has 4 aromatic rings. The van der Waals surface area contributed by atoms with E-state index in [9.17, 15) is 4.79 Å². The molecule has 1 aliphatic rings. The van der Waals surface area contributed by atoms with Crippen LogP contribution in [0.25, 0.3) is 10.9 Å². The molecule has 34 heavy (non-hydrogen) atoms. The number of rotatable bonds is 6. The van der Waals surface area contributed by atoms with Crippen molar-refractivity contribution in [1.29, 1.82) is 0 Å². The van der Waals surface area contributed by atoms with Gasteiger partial charge in [0.15, 0.2) is 0 Å². The molecule has 1 fully saturated rings. The Bertz CT molecular complexity index is 1310. The number of amides is 1. The lowest BCUT2D eigenvalue weighted by Gasteiger charge is -2.36. The lowest BCUT2D eigenvalue weighted by Crippen LogP contribution is -2.46. The van der Waals surface area contributed by atoms with Crippen LogP contribution in [0.2, 0.25) is 5.02 Å². The van der Waals surface area contributed by atoms with E-state index in [2.05, 4.69) is 36.5 Å². The van der Waals surface area contributed by atoms with Gasteiger partial charge in [0.25, 0.3) is 0 Å². The third-order valence-corrected chi connectivity index (χ3v) is 6.21. The number of aromatic nitrogens is 4. The van der Waals surface area contributed by atoms with Crippen LogP contribution in [0.5, 0.6) is 0 Å². The average Bonchev–Trinajstić information content (AvgIpc) is 3.25. The molecule has 0 unspecified atom stereocenters. The normalized spacial score (nSPS) is 14.5. The maximum atomic E-state index is 12.3. The summed E-state index contributed by atoms with van der Waals surface area (Å²) < 4.78 is 1.59. The molecule has 0 spiro atoms. The molecule has 2 aromatic heterocycles. The molecule has 0 aliphatic carbocycles. The van der Waals surface area contributed by atoms with E-state index in [4.69, 9.17) is 11.6 Å². The lowest BCUT2D eigenvalue weighted by atomic mass is 10.1. The van der Waals surface area contributed by atoms with Gasteiger partial charge in [0.2, 0.25) is 5.91 Å². The molecule has 0 atom stereocenters. The van der Waals surface area contributed by atoms with Crippen molar-refractivity contribution in [2.45, 2.75) is 20.0 Å². The maximum Gasteiger partial charge on any atom is 0.246 e. The SMILES string of the molecule is Cc1cccc(NC(=O)Cn2cc(CN3CCN(c4ccnc5cc(Cl)ccc45)CC3)nn2)c1. The fraction of sp³-hybridized carbons (Fsp3) is 0.280. The first-order valence-corrected chi connectivity index (χ1v) is 11.7. The van der Waals surface area contributed by atoms with E-state index in [0.717, 1.165) is 54.0 Å². The molecular weight excluding hydrogens is 450 g/mol. The highest BCUT2D eigenvalue weighted by atomic mass is 35.5. The molecule has 0 bridgehead atoms. The zero-order valence-corrected chi connectivity index (χ0v) is 19.7. The number of carbonyl (C=O) groups excluding carboxylic acids is 1. The number of aryl methyl sites for hydroxylation is 1. The summed E-state index contributed by atoms with van der Waals surface area (Å²) in [7, 11) is 0. The van der Waals surface area contributed by atoms with E-state index in [1.165, 1.54) is 5.69 Å². The summed E-state index contributed by atoms with van der Waals surface area (Å²) in [5.41, 5.74) is 4.85. The predicted octanol–water partition coefficient (Wildman–Crippen LogP) is 3.75. The van der Waals surface area contributed by atoms with Crippen molar-refractivity contribution in [3.05, 3.63) is 77.2 Å². The monoisotopic (exact) mass is 475 g/mol. The first-order valence-electron chi connectivity index (χ1n) is 11.3. The van der Waals surface area contributed by atoms with E-state index in [1.54, 1.807) is 4.68 Å². The van der Waals surface area contributed by atoms with Crippen LogP contribution in [0, 0.1) is 6.92 Å². The number of nitrogens with one attached hydrogen (secondary N) is 1. The average molecular weight is 476 g/mol. The molecule has 2 aromatic carbocycles. The fourth-order valence-corrected chi connectivity index (χ4v) is 4.48. The lowest BCUT2D eigenvalue weighted by molar-refractivity contribution is -0.116. The minimum atomic E-state index is -0.124. The van der Waals surface area contributed by atoms with Gasteiger partial charge in [0, 0.05) is 60.7 Å². The minimum absolute atomic E-state index is 0.124. The summed E-state index contributed by atoms with van der Waals surface area (Å²) in [4.78, 5) is 21.5. The molecule has 174 valence electrons. The summed E-state index contributed by atoms with van der Waals surface area (Å²) in [5, 5.41) is 13.1. The van der Waals surface area contributed by atoms with Gasteiger partial charge in [-0.2, -0.15) is 0 Å². The Kier molecular flexibility index (Phi) is 6.42. The zero-order valence-electron chi connectivity index (χ0n) is 19.0. The third-order valence-electron chi connectivity index (χ3n) is 5.97. The Morgan fingerprint density at radius 1 is 1.09 bits per heavy atom. The van der Waals surface area contributed by atoms with Crippen LogP contribution in [0.15, 0.2) is 60.9 Å². The third kappa shape index (κ3) is 5.18. The standard InChI is InChI=1S/C25H26ClN7O/c1-18-3-2-4-20(13-18)28-25(34)17-33-16-21(29-30-33)15-31-9-11-32(12-10-31)24-7-8-27-23-14-19(26)5-6-22(23)24/h2-8,13-14,16H,9-12,15,17H2,1H3,(H,28,34). The van der Waals surface area contributed by atoms with Gasteiger partial charge in [-0.15, -0.1) is 5.10 Å². The highest BCUT2D eigenvalue weighted by molar-refractivity contribution is 6.31. The molecule has 9 heteroatoms. The largest absolute Gasteiger partial charge is 0.368 e. The molecule has 8 nitrogen and oxygen atoms in total. The molecule has 3 heterocycles. The van der Waals surface area contributed by atoms with Crippen LogP contribution in [0.4, 0.5) is 11.4 Å². The quantitative estimate of drug-likeness (QED) is 0.457. The van der Waals surface area contributed by atoms with Crippen molar-refractivity contribution in [3.8, 4) is 0 Å². The zero-order chi connectivity index (χ0) is 23.5. The number of hydrogen-bond acceptors (Lipinski definition) is 6. The number of pyridine rings is 1. The molecule has 1 aliphatic heterocycles. The van der Waals surface area contributed by atoms with Gasteiger partial charge in [-0.05, 0) is 48.9 Å². The molecule has 5 rings (SSSR count). The summed E-state index contributed by atoms with van der Waals surface area (Å²) in [6.45, 7) is 6.49. The van der Waals surface area contributed by atoms with Crippen molar-refractivity contribution in [2.24, 2.45) is 0 Å². The Morgan fingerprint density at radius 2 is 1.94 bits per heavy atom. The van der Waals surface area contributed by atoms with Crippen molar-refractivity contribution in [2.75, 3.05) is 36.4 Å². The van der Waals surface area contributed by atoms with Gasteiger partial charge >= 0.3 is 0 Å². The van der Waals surface area contributed by atoms with E-state index < -0.39 is 0 Å². The first-order chi connectivity index (χ1) is 16.5. The number of carbonyl (C=O) groups is 1. The Hall–Kier alpha value is -3.49. The Morgan fingerprint density at radius 3 is 2.76 bits per heavy atom. The second-order valence-electron chi connectivity index (χ2n) is 8.58. The number of halogens is 1. The fourth-order valence-electron chi connectivity index (χ4n) is 4.32. The molecule has 1 amide bonds. The minimum Gasteiger partial charge on any atom is -0.368 e. The van der Waals surface area contributed by atoms with Crippen LogP contribution in [0.3, 0.4) is 0 Å². The molecular formula is C25H26ClN7O. The topological polar surface area (TPSA) is 79.2 Å². The van der Waals surface area contributed by atoms with E-state index in [1.807, 2.05) is 61.8 Å². The summed E-state index contributed by atoms with van der Waals surface area (Å²) >= 11 is 6.13. The maximum absolute atomic E-state index is 12.3. The number of anilines is 2. The van der Waals surface area contributed by atoms with Gasteiger partial charge < -0.3 is 10.2 Å². The number of hydrogen-bond donors (Lipinski definition) is 1. The number of piperazine rings is 1. The Labute approximate surface area is 203 Å². The first kappa shape index (κ1) is 22.3. The second kappa shape index (κ2) is 9.79. The molecule has 1 N–H and O–H groups in total. The second-order valence-corrected chi connectivity index (χ2v) is 9.02.